The average molecular weight is 398 g/mol. The first-order chi connectivity index (χ1) is 13.5. The standard InChI is InChI=1S/C21H23N3O3S/c1-15-11-17-5-4-8-19(21(17)23-13-15)28(25,26)24-14-16-9-10-22-20(12-16)27-18-6-2-3-7-18/h4-5,8-13,18,24H,2-3,6-7,14H2,1H3. The van der Waals surface area contributed by atoms with Gasteiger partial charge in [0.2, 0.25) is 15.9 Å². The molecule has 0 amide bonds. The zero-order valence-corrected chi connectivity index (χ0v) is 16.6. The maximum atomic E-state index is 12.9. The molecule has 1 N–H and O–H groups in total. The number of rotatable bonds is 6. The van der Waals surface area contributed by atoms with Crippen molar-refractivity contribution in [1.29, 1.82) is 0 Å². The number of ether oxygens (including phenoxy) is 1. The third-order valence-corrected chi connectivity index (χ3v) is 6.39. The van der Waals surface area contributed by atoms with E-state index in [9.17, 15) is 8.42 Å². The fourth-order valence-corrected chi connectivity index (χ4v) is 4.71. The van der Waals surface area contributed by atoms with Crippen LogP contribution in [0.15, 0.2) is 53.7 Å². The molecule has 7 heteroatoms. The number of benzene rings is 1. The maximum Gasteiger partial charge on any atom is 0.243 e. The van der Waals surface area contributed by atoms with E-state index in [1.807, 2.05) is 19.1 Å². The second-order valence-corrected chi connectivity index (χ2v) is 8.93. The third-order valence-electron chi connectivity index (χ3n) is 4.96. The van der Waals surface area contributed by atoms with Gasteiger partial charge in [-0.25, -0.2) is 18.1 Å². The lowest BCUT2D eigenvalue weighted by Gasteiger charge is -2.13. The molecule has 0 spiro atoms. The van der Waals surface area contributed by atoms with Crippen molar-refractivity contribution >= 4 is 20.9 Å². The Morgan fingerprint density at radius 1 is 1.14 bits per heavy atom. The predicted molar refractivity (Wildman–Crippen MR) is 108 cm³/mol. The number of para-hydroxylation sites is 1. The normalized spacial score (nSPS) is 15.2. The number of aryl methyl sites for hydroxylation is 1. The monoisotopic (exact) mass is 397 g/mol. The van der Waals surface area contributed by atoms with Crippen molar-refractivity contribution in [3.05, 3.63) is 59.9 Å². The summed E-state index contributed by atoms with van der Waals surface area (Å²) >= 11 is 0. The minimum Gasteiger partial charge on any atom is -0.474 e. The Hall–Kier alpha value is -2.51. The summed E-state index contributed by atoms with van der Waals surface area (Å²) in [4.78, 5) is 8.75. The van der Waals surface area contributed by atoms with E-state index in [-0.39, 0.29) is 17.5 Å². The topological polar surface area (TPSA) is 81.2 Å². The number of sulfonamides is 1. The second-order valence-electron chi connectivity index (χ2n) is 7.19. The Balaban J connectivity index is 1.51. The van der Waals surface area contributed by atoms with E-state index in [4.69, 9.17) is 4.74 Å². The van der Waals surface area contributed by atoms with E-state index < -0.39 is 10.0 Å². The number of fused-ring (bicyclic) bond motifs is 1. The van der Waals surface area contributed by atoms with E-state index in [1.165, 1.54) is 12.8 Å². The molecule has 0 atom stereocenters. The van der Waals surface area contributed by atoms with E-state index in [0.717, 1.165) is 29.4 Å². The molecule has 1 aromatic carbocycles. The Bertz CT molecular complexity index is 1090. The van der Waals surface area contributed by atoms with E-state index in [0.29, 0.717) is 11.4 Å². The molecule has 28 heavy (non-hydrogen) atoms. The molecule has 146 valence electrons. The molecule has 1 aliphatic carbocycles. The van der Waals surface area contributed by atoms with Gasteiger partial charge in [-0.3, -0.25) is 4.98 Å². The van der Waals surface area contributed by atoms with Gasteiger partial charge < -0.3 is 4.74 Å². The highest BCUT2D eigenvalue weighted by Gasteiger charge is 2.19. The molecular formula is C21H23N3O3S. The molecular weight excluding hydrogens is 374 g/mol. The van der Waals surface area contributed by atoms with Crippen LogP contribution in [-0.4, -0.2) is 24.5 Å². The number of hydrogen-bond acceptors (Lipinski definition) is 5. The zero-order chi connectivity index (χ0) is 19.6. The lowest BCUT2D eigenvalue weighted by Crippen LogP contribution is -2.23. The van der Waals surface area contributed by atoms with Crippen LogP contribution in [-0.2, 0) is 16.6 Å². The van der Waals surface area contributed by atoms with Crippen molar-refractivity contribution in [3.63, 3.8) is 0 Å². The molecule has 1 fully saturated rings. The van der Waals surface area contributed by atoms with Crippen molar-refractivity contribution in [2.24, 2.45) is 0 Å². The molecule has 6 nitrogen and oxygen atoms in total. The summed E-state index contributed by atoms with van der Waals surface area (Å²) in [5.74, 6) is 0.547. The molecule has 4 rings (SSSR count). The Morgan fingerprint density at radius 3 is 2.79 bits per heavy atom. The van der Waals surface area contributed by atoms with E-state index in [1.54, 1.807) is 36.7 Å². The van der Waals surface area contributed by atoms with Crippen LogP contribution in [0, 0.1) is 6.92 Å². The SMILES string of the molecule is Cc1cnc2c(S(=O)(=O)NCc3ccnc(OC4CCCC4)c3)cccc2c1. The van der Waals surface area contributed by atoms with Gasteiger partial charge in [0, 0.05) is 30.4 Å². The third kappa shape index (κ3) is 4.15. The van der Waals surface area contributed by atoms with Gasteiger partial charge in [-0.2, -0.15) is 0 Å². The molecule has 2 aromatic heterocycles. The van der Waals surface area contributed by atoms with Gasteiger partial charge in [0.05, 0.1) is 5.52 Å². The number of pyridine rings is 2. The fourth-order valence-electron chi connectivity index (χ4n) is 3.52. The van der Waals surface area contributed by atoms with Crippen LogP contribution in [0.1, 0.15) is 36.8 Å². The van der Waals surface area contributed by atoms with E-state index in [2.05, 4.69) is 14.7 Å². The molecule has 3 aromatic rings. The second kappa shape index (κ2) is 7.85. The van der Waals surface area contributed by atoms with Gasteiger partial charge in [-0.05, 0) is 61.9 Å². The Morgan fingerprint density at radius 2 is 1.96 bits per heavy atom. The van der Waals surface area contributed by atoms with Crippen LogP contribution < -0.4 is 9.46 Å². The van der Waals surface area contributed by atoms with Gasteiger partial charge in [0.15, 0.2) is 0 Å². The highest BCUT2D eigenvalue weighted by Crippen LogP contribution is 2.24. The molecule has 0 unspecified atom stereocenters. The highest BCUT2D eigenvalue weighted by atomic mass is 32.2. The number of aromatic nitrogens is 2. The maximum absolute atomic E-state index is 12.9. The van der Waals surface area contributed by atoms with Gasteiger partial charge >= 0.3 is 0 Å². The lowest BCUT2D eigenvalue weighted by atomic mass is 10.2. The van der Waals surface area contributed by atoms with Crippen LogP contribution in [0.4, 0.5) is 0 Å². The van der Waals surface area contributed by atoms with Crippen LogP contribution in [0.5, 0.6) is 5.88 Å². The number of hydrogen-bond donors (Lipinski definition) is 1. The first kappa shape index (κ1) is 18.8. The van der Waals surface area contributed by atoms with Crippen molar-refractivity contribution in [2.45, 2.75) is 50.2 Å². The summed E-state index contributed by atoms with van der Waals surface area (Å²) in [7, 11) is -3.71. The minimum atomic E-state index is -3.71. The number of nitrogens with one attached hydrogen (secondary N) is 1. The van der Waals surface area contributed by atoms with E-state index >= 15 is 0 Å². The smallest absolute Gasteiger partial charge is 0.243 e. The first-order valence-corrected chi connectivity index (χ1v) is 11.0. The van der Waals surface area contributed by atoms with Crippen LogP contribution >= 0.6 is 0 Å². The predicted octanol–water partition coefficient (Wildman–Crippen LogP) is 3.74. The largest absolute Gasteiger partial charge is 0.474 e. The Kier molecular flexibility index (Phi) is 5.28. The van der Waals surface area contributed by atoms with Crippen molar-refractivity contribution < 1.29 is 13.2 Å². The highest BCUT2D eigenvalue weighted by molar-refractivity contribution is 7.89. The summed E-state index contributed by atoms with van der Waals surface area (Å²) in [6.45, 7) is 2.09. The Labute approximate surface area is 165 Å². The average Bonchev–Trinajstić information content (AvgIpc) is 3.19. The summed E-state index contributed by atoms with van der Waals surface area (Å²) in [6, 6.07) is 10.7. The zero-order valence-electron chi connectivity index (χ0n) is 15.8. The van der Waals surface area contributed by atoms with Gasteiger partial charge in [-0.1, -0.05) is 12.1 Å². The summed E-state index contributed by atoms with van der Waals surface area (Å²) < 4.78 is 34.3. The quantitative estimate of drug-likeness (QED) is 0.685. The van der Waals surface area contributed by atoms with Crippen LogP contribution in [0.2, 0.25) is 0 Å². The number of nitrogens with zero attached hydrogens (tertiary/aromatic N) is 2. The molecule has 1 saturated carbocycles. The fraction of sp³-hybridized carbons (Fsp3) is 0.333. The van der Waals surface area contributed by atoms with Crippen LogP contribution in [0.25, 0.3) is 10.9 Å². The summed E-state index contributed by atoms with van der Waals surface area (Å²) in [6.07, 6.45) is 8.00. The molecule has 0 bridgehead atoms. The van der Waals surface area contributed by atoms with Crippen molar-refractivity contribution in [1.82, 2.24) is 14.7 Å². The lowest BCUT2D eigenvalue weighted by molar-refractivity contribution is 0.201. The molecule has 1 aliphatic rings. The minimum absolute atomic E-state index is 0.161. The summed E-state index contributed by atoms with van der Waals surface area (Å²) in [5, 5.41) is 0.805. The van der Waals surface area contributed by atoms with Gasteiger partial charge in [-0.15, -0.1) is 0 Å². The summed E-state index contributed by atoms with van der Waals surface area (Å²) in [5.41, 5.74) is 2.26. The molecule has 0 saturated heterocycles. The molecule has 2 heterocycles. The van der Waals surface area contributed by atoms with Crippen molar-refractivity contribution in [2.75, 3.05) is 0 Å². The first-order valence-electron chi connectivity index (χ1n) is 9.48. The van der Waals surface area contributed by atoms with Crippen LogP contribution in [0.3, 0.4) is 0 Å². The molecule has 0 radical (unpaired) electrons. The van der Waals surface area contributed by atoms with Gasteiger partial charge in [0.1, 0.15) is 11.0 Å². The molecule has 0 aliphatic heterocycles. The van der Waals surface area contributed by atoms with Crippen molar-refractivity contribution in [3.8, 4) is 5.88 Å². The van der Waals surface area contributed by atoms with Gasteiger partial charge in [0.25, 0.3) is 0 Å².